The van der Waals surface area contributed by atoms with E-state index in [2.05, 4.69) is 54.8 Å². The smallest absolute Gasteiger partial charge is 0.290 e. The molecule has 1 aromatic carbocycles. The van der Waals surface area contributed by atoms with Gasteiger partial charge in [0.2, 0.25) is 5.95 Å². The molecule has 2 amide bonds. The number of nitrogens with one attached hydrogen (secondary N) is 3. The summed E-state index contributed by atoms with van der Waals surface area (Å²) in [5.41, 5.74) is 3.09. The number of thioether (sulfide) groups is 1. The molecular formula is C23H24N6O2S. The summed E-state index contributed by atoms with van der Waals surface area (Å²) in [5.74, 6) is 0.916. The zero-order valence-electron chi connectivity index (χ0n) is 17.5. The van der Waals surface area contributed by atoms with E-state index >= 15 is 0 Å². The second-order valence-electron chi connectivity index (χ2n) is 8.09. The predicted octanol–water partition coefficient (Wildman–Crippen LogP) is 3.29. The second-order valence-corrected chi connectivity index (χ2v) is 9.11. The van der Waals surface area contributed by atoms with Crippen LogP contribution in [0.2, 0.25) is 0 Å². The first-order valence-electron chi connectivity index (χ1n) is 10.7. The Morgan fingerprint density at radius 3 is 2.88 bits per heavy atom. The van der Waals surface area contributed by atoms with Gasteiger partial charge in [-0.05, 0) is 78.4 Å². The molecule has 2 aromatic heterocycles. The van der Waals surface area contributed by atoms with Crippen LogP contribution in [0.25, 0.3) is 17.0 Å². The van der Waals surface area contributed by atoms with Crippen molar-refractivity contribution >= 4 is 45.8 Å². The van der Waals surface area contributed by atoms with E-state index < -0.39 is 0 Å². The highest BCUT2D eigenvalue weighted by Gasteiger charge is 2.25. The summed E-state index contributed by atoms with van der Waals surface area (Å²) in [6.07, 6.45) is 7.45. The van der Waals surface area contributed by atoms with E-state index in [1.165, 1.54) is 16.5 Å². The summed E-state index contributed by atoms with van der Waals surface area (Å²) < 4.78 is 0. The minimum Gasteiger partial charge on any atom is -0.361 e. The van der Waals surface area contributed by atoms with E-state index in [1.807, 2.05) is 6.20 Å². The lowest BCUT2D eigenvalue weighted by atomic mass is 9.97. The number of amides is 2. The molecule has 32 heavy (non-hydrogen) atoms. The van der Waals surface area contributed by atoms with E-state index in [-0.39, 0.29) is 11.1 Å². The number of aromatic nitrogens is 3. The summed E-state index contributed by atoms with van der Waals surface area (Å²) in [7, 11) is 0. The van der Waals surface area contributed by atoms with Crippen LogP contribution in [0.3, 0.4) is 0 Å². The van der Waals surface area contributed by atoms with Gasteiger partial charge in [0, 0.05) is 37.5 Å². The average molecular weight is 449 g/mol. The first-order valence-corrected chi connectivity index (χ1v) is 11.6. The summed E-state index contributed by atoms with van der Waals surface area (Å²) in [5, 5.41) is 6.76. The molecule has 0 radical (unpaired) electrons. The first kappa shape index (κ1) is 20.7. The molecule has 2 fully saturated rings. The number of H-pyrrole nitrogens is 1. The molecule has 164 valence electrons. The molecule has 2 aliphatic heterocycles. The third-order valence-electron chi connectivity index (χ3n) is 5.86. The Hall–Kier alpha value is -3.17. The minimum absolute atomic E-state index is 0.351. The lowest BCUT2D eigenvalue weighted by Crippen LogP contribution is -2.38. The number of fused-ring (bicyclic) bond motifs is 1. The highest BCUT2D eigenvalue weighted by molar-refractivity contribution is 8.18. The maximum atomic E-state index is 11.8. The fourth-order valence-corrected chi connectivity index (χ4v) is 4.79. The molecule has 5 rings (SSSR count). The van der Waals surface area contributed by atoms with Crippen molar-refractivity contribution in [3.05, 3.63) is 58.9 Å². The zero-order valence-corrected chi connectivity index (χ0v) is 18.3. The summed E-state index contributed by atoms with van der Waals surface area (Å²) >= 11 is 0.896. The first-order chi connectivity index (χ1) is 15.6. The average Bonchev–Trinajstić information content (AvgIpc) is 3.39. The van der Waals surface area contributed by atoms with Gasteiger partial charge in [-0.3, -0.25) is 14.9 Å². The number of anilines is 1. The van der Waals surface area contributed by atoms with Crippen LogP contribution in [0.4, 0.5) is 10.7 Å². The highest BCUT2D eigenvalue weighted by Crippen LogP contribution is 2.26. The van der Waals surface area contributed by atoms with E-state index in [9.17, 15) is 9.59 Å². The Labute approximate surface area is 189 Å². The lowest BCUT2D eigenvalue weighted by Gasteiger charge is -2.32. The lowest BCUT2D eigenvalue weighted by molar-refractivity contribution is -0.115. The fourth-order valence-electron chi connectivity index (χ4n) is 4.12. The van der Waals surface area contributed by atoms with Crippen molar-refractivity contribution in [2.24, 2.45) is 5.92 Å². The molecule has 3 N–H and O–H groups in total. The van der Waals surface area contributed by atoms with Gasteiger partial charge in [0.15, 0.2) is 0 Å². The second kappa shape index (κ2) is 9.13. The van der Waals surface area contributed by atoms with Gasteiger partial charge < -0.3 is 15.2 Å². The van der Waals surface area contributed by atoms with E-state index in [0.717, 1.165) is 50.8 Å². The van der Waals surface area contributed by atoms with Crippen LogP contribution < -0.4 is 15.5 Å². The number of hydrogen-bond acceptors (Lipinski definition) is 7. The topological polar surface area (TPSA) is 103 Å². The molecule has 0 spiro atoms. The molecule has 3 aromatic rings. The number of carbonyl (C=O) groups is 2. The molecule has 0 atom stereocenters. The molecule has 2 aliphatic rings. The maximum absolute atomic E-state index is 11.8. The van der Waals surface area contributed by atoms with Crippen LogP contribution in [0.1, 0.15) is 24.1 Å². The molecule has 4 heterocycles. The number of nitrogens with zero attached hydrogens (tertiary/aromatic N) is 3. The van der Waals surface area contributed by atoms with Crippen molar-refractivity contribution in [1.29, 1.82) is 0 Å². The van der Waals surface area contributed by atoms with Crippen molar-refractivity contribution in [3.8, 4) is 0 Å². The number of hydrogen-bond donors (Lipinski definition) is 3. The van der Waals surface area contributed by atoms with Crippen LogP contribution in [-0.2, 0) is 11.3 Å². The van der Waals surface area contributed by atoms with Crippen LogP contribution in [-0.4, -0.2) is 45.7 Å². The Bertz CT molecular complexity index is 1180. The normalized spacial score (nSPS) is 18.6. The molecule has 8 nitrogen and oxygen atoms in total. The van der Waals surface area contributed by atoms with Crippen molar-refractivity contribution in [3.63, 3.8) is 0 Å². The Morgan fingerprint density at radius 2 is 2.06 bits per heavy atom. The van der Waals surface area contributed by atoms with Gasteiger partial charge in [-0.25, -0.2) is 9.97 Å². The number of benzene rings is 1. The SMILES string of the molecule is O=C1NC(=O)/C(=C\c2ccnc(N3CCC(CNCc4ccc5[nH]ccc5c4)CC3)n2)S1. The molecule has 2 saturated heterocycles. The van der Waals surface area contributed by atoms with E-state index in [4.69, 9.17) is 0 Å². The summed E-state index contributed by atoms with van der Waals surface area (Å²) in [6.45, 7) is 3.66. The Kier molecular flexibility index (Phi) is 5.91. The number of imide groups is 1. The van der Waals surface area contributed by atoms with Gasteiger partial charge in [-0.2, -0.15) is 0 Å². The standard InChI is InChI=1S/C23H24N6O2S/c30-21-20(32-23(31)28-21)12-18-4-8-26-22(27-18)29-9-5-15(6-10-29)13-24-14-16-1-2-19-17(11-16)3-7-25-19/h1-4,7-8,11-12,15,24-25H,5-6,9-10,13-14H2,(H,28,30,31)/b20-12+. The fraction of sp³-hybridized carbons (Fsp3) is 0.304. The third-order valence-corrected chi connectivity index (χ3v) is 6.67. The van der Waals surface area contributed by atoms with Crippen molar-refractivity contribution in [2.45, 2.75) is 19.4 Å². The largest absolute Gasteiger partial charge is 0.361 e. The van der Waals surface area contributed by atoms with Crippen LogP contribution in [0.5, 0.6) is 0 Å². The minimum atomic E-state index is -0.374. The third kappa shape index (κ3) is 4.68. The predicted molar refractivity (Wildman–Crippen MR) is 126 cm³/mol. The number of rotatable bonds is 6. The van der Waals surface area contributed by atoms with Gasteiger partial charge in [0.1, 0.15) is 0 Å². The van der Waals surface area contributed by atoms with Crippen LogP contribution >= 0.6 is 11.8 Å². The molecular weight excluding hydrogens is 424 g/mol. The van der Waals surface area contributed by atoms with Crippen LogP contribution in [0.15, 0.2) is 47.6 Å². The van der Waals surface area contributed by atoms with E-state index in [0.29, 0.717) is 22.5 Å². The van der Waals surface area contributed by atoms with Gasteiger partial charge in [0.05, 0.1) is 10.6 Å². The monoisotopic (exact) mass is 448 g/mol. The molecule has 0 bridgehead atoms. The molecule has 0 saturated carbocycles. The van der Waals surface area contributed by atoms with Crippen molar-refractivity contribution < 1.29 is 9.59 Å². The van der Waals surface area contributed by atoms with Gasteiger partial charge in [-0.15, -0.1) is 0 Å². The molecule has 0 aliphatic carbocycles. The van der Waals surface area contributed by atoms with Gasteiger partial charge >= 0.3 is 0 Å². The zero-order chi connectivity index (χ0) is 21.9. The number of aromatic amines is 1. The van der Waals surface area contributed by atoms with Crippen LogP contribution in [0, 0.1) is 5.92 Å². The quantitative estimate of drug-likeness (QED) is 0.497. The maximum Gasteiger partial charge on any atom is 0.290 e. The highest BCUT2D eigenvalue weighted by atomic mass is 32.2. The van der Waals surface area contributed by atoms with Gasteiger partial charge in [-0.1, -0.05) is 6.07 Å². The van der Waals surface area contributed by atoms with Gasteiger partial charge in [0.25, 0.3) is 11.1 Å². The molecule has 9 heteroatoms. The number of piperidine rings is 1. The Morgan fingerprint density at radius 1 is 1.19 bits per heavy atom. The Balaban J connectivity index is 1.12. The number of carbonyl (C=O) groups excluding carboxylic acids is 2. The van der Waals surface area contributed by atoms with Crippen molar-refractivity contribution in [2.75, 3.05) is 24.5 Å². The van der Waals surface area contributed by atoms with E-state index in [1.54, 1.807) is 18.3 Å². The van der Waals surface area contributed by atoms with Crippen molar-refractivity contribution in [1.82, 2.24) is 25.6 Å². The molecule has 0 unspecified atom stereocenters. The summed E-state index contributed by atoms with van der Waals surface area (Å²) in [6, 6.07) is 10.4. The summed E-state index contributed by atoms with van der Waals surface area (Å²) in [4.78, 5) is 37.9.